The molecule has 0 saturated heterocycles. The number of methoxy groups -OCH3 is 1. The van der Waals surface area contributed by atoms with E-state index in [0.717, 1.165) is 15.8 Å². The molecule has 0 bridgehead atoms. The highest BCUT2D eigenvalue weighted by Crippen LogP contribution is 2.26. The number of sulfonamides is 1. The van der Waals surface area contributed by atoms with Gasteiger partial charge in [-0.15, -0.1) is 0 Å². The lowest BCUT2D eigenvalue weighted by molar-refractivity contribution is 0.0998. The first-order valence-corrected chi connectivity index (χ1v) is 12.0. The first-order chi connectivity index (χ1) is 15.3. The van der Waals surface area contributed by atoms with Crippen LogP contribution in [0, 0.1) is 6.92 Å². The van der Waals surface area contributed by atoms with Crippen molar-refractivity contribution in [2.75, 3.05) is 11.8 Å². The number of ether oxygens (including phenoxy) is 1. The lowest BCUT2D eigenvalue weighted by Crippen LogP contribution is -2.15. The largest absolute Gasteiger partial charge is 0.495 e. The van der Waals surface area contributed by atoms with Crippen molar-refractivity contribution in [3.63, 3.8) is 0 Å². The molecule has 4 aromatic rings. The van der Waals surface area contributed by atoms with Gasteiger partial charge in [0.15, 0.2) is 4.80 Å². The molecule has 0 saturated carbocycles. The van der Waals surface area contributed by atoms with E-state index in [0.29, 0.717) is 10.6 Å². The van der Waals surface area contributed by atoms with Gasteiger partial charge in [-0.2, -0.15) is 4.99 Å². The van der Waals surface area contributed by atoms with Gasteiger partial charge >= 0.3 is 0 Å². The van der Waals surface area contributed by atoms with Gasteiger partial charge < -0.3 is 9.30 Å². The summed E-state index contributed by atoms with van der Waals surface area (Å²) < 4.78 is 36.0. The monoisotopic (exact) mass is 467 g/mol. The quantitative estimate of drug-likeness (QED) is 0.479. The van der Waals surface area contributed by atoms with Crippen LogP contribution in [0.25, 0.3) is 10.2 Å². The molecule has 0 fully saturated rings. The average molecular weight is 468 g/mol. The average Bonchev–Trinajstić information content (AvgIpc) is 3.09. The van der Waals surface area contributed by atoms with Gasteiger partial charge in [-0.05, 0) is 49.4 Å². The predicted octanol–water partition coefficient (Wildman–Crippen LogP) is 4.10. The Bertz CT molecular complexity index is 1480. The minimum absolute atomic E-state index is 0.149. The highest BCUT2D eigenvalue weighted by Gasteiger charge is 2.15. The van der Waals surface area contributed by atoms with Crippen molar-refractivity contribution in [1.82, 2.24) is 4.57 Å². The van der Waals surface area contributed by atoms with Crippen molar-refractivity contribution in [3.05, 3.63) is 82.7 Å². The summed E-state index contributed by atoms with van der Waals surface area (Å²) in [6.45, 7) is 1.88. The second-order valence-electron chi connectivity index (χ2n) is 7.17. The molecule has 1 amide bonds. The number of anilines is 1. The molecule has 7 nitrogen and oxygen atoms in total. The molecule has 0 aliphatic rings. The van der Waals surface area contributed by atoms with Crippen LogP contribution in [0.3, 0.4) is 0 Å². The first-order valence-electron chi connectivity index (χ1n) is 9.69. The van der Waals surface area contributed by atoms with Crippen LogP contribution >= 0.6 is 11.3 Å². The van der Waals surface area contributed by atoms with Gasteiger partial charge in [0.2, 0.25) is 0 Å². The zero-order valence-corrected chi connectivity index (χ0v) is 19.3. The van der Waals surface area contributed by atoms with Crippen LogP contribution in [-0.4, -0.2) is 26.0 Å². The molecule has 0 radical (unpaired) electrons. The summed E-state index contributed by atoms with van der Waals surface area (Å²) in [4.78, 5) is 17.8. The number of aryl methyl sites for hydroxylation is 2. The molecule has 9 heteroatoms. The van der Waals surface area contributed by atoms with Gasteiger partial charge in [0.05, 0.1) is 16.7 Å². The van der Waals surface area contributed by atoms with Gasteiger partial charge in [0, 0.05) is 18.3 Å². The van der Waals surface area contributed by atoms with E-state index < -0.39 is 15.9 Å². The van der Waals surface area contributed by atoms with E-state index in [1.807, 2.05) is 32.2 Å². The van der Waals surface area contributed by atoms with E-state index in [1.165, 1.54) is 29.5 Å². The van der Waals surface area contributed by atoms with Crippen LogP contribution in [-0.2, 0) is 17.1 Å². The molecule has 0 spiro atoms. The third-order valence-electron chi connectivity index (χ3n) is 4.90. The number of nitrogens with zero attached hydrogens (tertiary/aromatic N) is 2. The van der Waals surface area contributed by atoms with Gasteiger partial charge in [0.25, 0.3) is 15.9 Å². The molecule has 1 N–H and O–H groups in total. The Hall–Kier alpha value is -3.43. The number of rotatable bonds is 5. The molecule has 0 atom stereocenters. The summed E-state index contributed by atoms with van der Waals surface area (Å²) in [5.41, 5.74) is 2.38. The second-order valence-corrected chi connectivity index (χ2v) is 9.86. The van der Waals surface area contributed by atoms with Crippen molar-refractivity contribution in [1.29, 1.82) is 0 Å². The van der Waals surface area contributed by atoms with Crippen LogP contribution in [0.4, 0.5) is 5.69 Å². The topological polar surface area (TPSA) is 89.8 Å². The van der Waals surface area contributed by atoms with E-state index in [-0.39, 0.29) is 16.1 Å². The van der Waals surface area contributed by atoms with Crippen LogP contribution < -0.4 is 14.3 Å². The Labute approximate surface area is 189 Å². The number of carbonyl (C=O) groups excluding carboxylic acids is 1. The zero-order chi connectivity index (χ0) is 22.9. The second kappa shape index (κ2) is 8.60. The maximum absolute atomic E-state index is 12.8. The number of hydrogen-bond acceptors (Lipinski definition) is 5. The van der Waals surface area contributed by atoms with Crippen LogP contribution in [0.1, 0.15) is 15.9 Å². The molecular formula is C23H21N3O4S2. The number of benzene rings is 3. The standard InChI is InChI=1S/C23H21N3O4S2/c1-15-10-12-18(13-11-15)32(28,29)25-17-7-4-6-16(14-17)22(27)24-23-26(2)21-19(30-3)8-5-9-20(21)31-23/h4-14,25H,1-3H3. The van der Waals surface area contributed by atoms with E-state index in [1.54, 1.807) is 42.0 Å². The Kier molecular flexibility index (Phi) is 5.86. The third-order valence-corrected chi connectivity index (χ3v) is 7.39. The summed E-state index contributed by atoms with van der Waals surface area (Å²) in [6, 6.07) is 18.5. The third kappa shape index (κ3) is 4.30. The Morgan fingerprint density at radius 1 is 1.06 bits per heavy atom. The fourth-order valence-corrected chi connectivity index (χ4v) is 5.32. The summed E-state index contributed by atoms with van der Waals surface area (Å²) >= 11 is 1.37. The van der Waals surface area contributed by atoms with Crippen molar-refractivity contribution < 1.29 is 17.9 Å². The number of hydrogen-bond donors (Lipinski definition) is 1. The summed E-state index contributed by atoms with van der Waals surface area (Å²) in [5.74, 6) is 0.227. The Morgan fingerprint density at radius 2 is 1.78 bits per heavy atom. The maximum Gasteiger partial charge on any atom is 0.279 e. The number of aromatic nitrogens is 1. The van der Waals surface area contributed by atoms with Crippen molar-refractivity contribution >= 4 is 43.2 Å². The molecule has 4 rings (SSSR count). The lowest BCUT2D eigenvalue weighted by Gasteiger charge is -2.09. The SMILES string of the molecule is COc1cccc2sc(=NC(=O)c3cccc(NS(=O)(=O)c4ccc(C)cc4)c3)n(C)c12. The Balaban J connectivity index is 1.65. The fraction of sp³-hybridized carbons (Fsp3) is 0.130. The molecule has 1 aromatic heterocycles. The number of carbonyl (C=O) groups is 1. The lowest BCUT2D eigenvalue weighted by atomic mass is 10.2. The number of para-hydroxylation sites is 1. The normalized spacial score (nSPS) is 12.2. The van der Waals surface area contributed by atoms with E-state index in [2.05, 4.69) is 9.71 Å². The van der Waals surface area contributed by atoms with Crippen molar-refractivity contribution in [2.24, 2.45) is 12.0 Å². The smallest absolute Gasteiger partial charge is 0.279 e. The van der Waals surface area contributed by atoms with Gasteiger partial charge in [-0.25, -0.2) is 8.42 Å². The van der Waals surface area contributed by atoms with Crippen molar-refractivity contribution in [2.45, 2.75) is 11.8 Å². The van der Waals surface area contributed by atoms with Gasteiger partial charge in [-0.1, -0.05) is 41.2 Å². The molecule has 0 unspecified atom stereocenters. The van der Waals surface area contributed by atoms with Crippen LogP contribution in [0.15, 0.2) is 76.6 Å². The number of fused-ring (bicyclic) bond motifs is 1. The zero-order valence-electron chi connectivity index (χ0n) is 17.7. The number of nitrogens with one attached hydrogen (secondary N) is 1. The predicted molar refractivity (Wildman–Crippen MR) is 126 cm³/mol. The molecule has 0 aliphatic heterocycles. The molecular weight excluding hydrogens is 446 g/mol. The maximum atomic E-state index is 12.8. The summed E-state index contributed by atoms with van der Waals surface area (Å²) in [7, 11) is -0.357. The van der Waals surface area contributed by atoms with E-state index >= 15 is 0 Å². The van der Waals surface area contributed by atoms with E-state index in [9.17, 15) is 13.2 Å². The fourth-order valence-electron chi connectivity index (χ4n) is 3.24. The summed E-state index contributed by atoms with van der Waals surface area (Å²) in [6.07, 6.45) is 0. The molecule has 164 valence electrons. The molecule has 3 aromatic carbocycles. The molecule has 32 heavy (non-hydrogen) atoms. The highest BCUT2D eigenvalue weighted by molar-refractivity contribution is 7.92. The minimum atomic E-state index is -3.77. The summed E-state index contributed by atoms with van der Waals surface area (Å²) in [5, 5.41) is 0. The molecule has 0 aliphatic carbocycles. The van der Waals surface area contributed by atoms with Crippen LogP contribution in [0.2, 0.25) is 0 Å². The highest BCUT2D eigenvalue weighted by atomic mass is 32.2. The van der Waals surface area contributed by atoms with Crippen LogP contribution in [0.5, 0.6) is 5.75 Å². The van der Waals surface area contributed by atoms with Gasteiger partial charge in [0.1, 0.15) is 11.3 Å². The first kappa shape index (κ1) is 21.8. The number of amides is 1. The molecule has 1 heterocycles. The number of thiazole rings is 1. The minimum Gasteiger partial charge on any atom is -0.495 e. The Morgan fingerprint density at radius 3 is 2.50 bits per heavy atom. The van der Waals surface area contributed by atoms with Gasteiger partial charge in [-0.3, -0.25) is 9.52 Å². The van der Waals surface area contributed by atoms with E-state index in [4.69, 9.17) is 4.74 Å². The van der Waals surface area contributed by atoms with Crippen molar-refractivity contribution in [3.8, 4) is 5.75 Å².